The van der Waals surface area contributed by atoms with Crippen molar-refractivity contribution in [1.29, 1.82) is 5.26 Å². The summed E-state index contributed by atoms with van der Waals surface area (Å²) in [6.07, 6.45) is 2.76. The van der Waals surface area contributed by atoms with Gasteiger partial charge >= 0.3 is 5.97 Å². The molecule has 1 aliphatic rings. The van der Waals surface area contributed by atoms with Crippen LogP contribution in [0.2, 0.25) is 0 Å². The van der Waals surface area contributed by atoms with Crippen molar-refractivity contribution in [2.45, 2.75) is 33.6 Å². The second-order valence-electron chi connectivity index (χ2n) is 7.85. The fourth-order valence-electron chi connectivity index (χ4n) is 4.11. The Balaban J connectivity index is 1.79. The van der Waals surface area contributed by atoms with Gasteiger partial charge in [0, 0.05) is 30.2 Å². The highest BCUT2D eigenvalue weighted by Crippen LogP contribution is 2.25. The van der Waals surface area contributed by atoms with Crippen LogP contribution in [-0.4, -0.2) is 48.1 Å². The number of esters is 1. The molecule has 1 fully saturated rings. The molecule has 0 atom stereocenters. The van der Waals surface area contributed by atoms with Crippen LogP contribution < -0.4 is 4.74 Å². The standard InChI is InChI=1S/C25H29N3O4/c1-5-32-25(30)19-10-12-27(13-11-19)24(29)21(16-26)15-20-14-17(2)28(18(20)3)22-6-8-23(31-4)9-7-22/h6-9,14-15,19H,5,10-13H2,1-4H3/b21-15+. The SMILES string of the molecule is CCOC(=O)C1CCN(C(=O)/C(C#N)=C/c2cc(C)n(-c3ccc(OC)cc3)c2C)CC1. The summed E-state index contributed by atoms with van der Waals surface area (Å²) in [5.41, 5.74) is 3.83. The van der Waals surface area contributed by atoms with E-state index in [1.165, 1.54) is 0 Å². The summed E-state index contributed by atoms with van der Waals surface area (Å²) in [4.78, 5) is 26.6. The summed E-state index contributed by atoms with van der Waals surface area (Å²) in [7, 11) is 1.63. The predicted molar refractivity (Wildman–Crippen MR) is 121 cm³/mol. The zero-order chi connectivity index (χ0) is 23.3. The number of piperidine rings is 1. The zero-order valence-corrected chi connectivity index (χ0v) is 19.1. The van der Waals surface area contributed by atoms with Gasteiger partial charge in [-0.05, 0) is 75.6 Å². The number of ether oxygens (including phenoxy) is 2. The monoisotopic (exact) mass is 435 g/mol. The van der Waals surface area contributed by atoms with E-state index in [4.69, 9.17) is 9.47 Å². The van der Waals surface area contributed by atoms with E-state index in [9.17, 15) is 14.9 Å². The summed E-state index contributed by atoms with van der Waals surface area (Å²) < 4.78 is 12.4. The molecule has 7 heteroatoms. The van der Waals surface area contributed by atoms with E-state index in [1.54, 1.807) is 25.0 Å². The van der Waals surface area contributed by atoms with Crippen LogP contribution in [0, 0.1) is 31.1 Å². The normalized spacial score (nSPS) is 14.7. The number of hydrogen-bond donors (Lipinski definition) is 0. The predicted octanol–water partition coefficient (Wildman–Crippen LogP) is 3.81. The first-order chi connectivity index (χ1) is 15.4. The van der Waals surface area contributed by atoms with Gasteiger partial charge in [0.2, 0.25) is 0 Å². The van der Waals surface area contributed by atoms with Crippen molar-refractivity contribution in [3.05, 3.63) is 52.9 Å². The van der Waals surface area contributed by atoms with Crippen LogP contribution in [0.1, 0.15) is 36.7 Å². The molecule has 0 N–H and O–H groups in total. The Morgan fingerprint density at radius 3 is 2.41 bits per heavy atom. The van der Waals surface area contributed by atoms with E-state index >= 15 is 0 Å². The first-order valence-electron chi connectivity index (χ1n) is 10.8. The molecular weight excluding hydrogens is 406 g/mol. The number of carbonyl (C=O) groups is 2. The molecule has 1 amide bonds. The van der Waals surface area contributed by atoms with Crippen molar-refractivity contribution in [2.24, 2.45) is 5.92 Å². The van der Waals surface area contributed by atoms with Crippen LogP contribution in [0.5, 0.6) is 5.75 Å². The molecule has 32 heavy (non-hydrogen) atoms. The molecule has 2 heterocycles. The lowest BCUT2D eigenvalue weighted by Crippen LogP contribution is -2.41. The topological polar surface area (TPSA) is 84.6 Å². The van der Waals surface area contributed by atoms with Gasteiger partial charge in [0.15, 0.2) is 0 Å². The van der Waals surface area contributed by atoms with Gasteiger partial charge in [-0.1, -0.05) is 0 Å². The second-order valence-corrected chi connectivity index (χ2v) is 7.85. The highest BCUT2D eigenvalue weighted by Gasteiger charge is 2.29. The van der Waals surface area contributed by atoms with Crippen LogP contribution in [0.25, 0.3) is 11.8 Å². The van der Waals surface area contributed by atoms with Crippen molar-refractivity contribution >= 4 is 18.0 Å². The van der Waals surface area contributed by atoms with Crippen LogP contribution in [0.3, 0.4) is 0 Å². The Bertz CT molecular complexity index is 1050. The third-order valence-electron chi connectivity index (χ3n) is 5.85. The third kappa shape index (κ3) is 4.86. The highest BCUT2D eigenvalue weighted by molar-refractivity contribution is 6.02. The number of nitriles is 1. The molecule has 2 aromatic rings. The molecule has 0 bridgehead atoms. The maximum atomic E-state index is 13.0. The molecule has 0 spiro atoms. The lowest BCUT2D eigenvalue weighted by molar-refractivity contribution is -0.150. The van der Waals surface area contributed by atoms with Gasteiger partial charge in [0.25, 0.3) is 5.91 Å². The molecule has 1 aromatic heterocycles. The van der Waals surface area contributed by atoms with E-state index in [0.29, 0.717) is 32.5 Å². The molecule has 1 aromatic carbocycles. The van der Waals surface area contributed by atoms with Gasteiger partial charge in [0.1, 0.15) is 17.4 Å². The van der Waals surface area contributed by atoms with Crippen LogP contribution >= 0.6 is 0 Å². The van der Waals surface area contributed by atoms with Crippen LogP contribution in [-0.2, 0) is 14.3 Å². The molecule has 1 saturated heterocycles. The summed E-state index contributed by atoms with van der Waals surface area (Å²) >= 11 is 0. The molecule has 7 nitrogen and oxygen atoms in total. The van der Waals surface area contributed by atoms with Crippen molar-refractivity contribution in [1.82, 2.24) is 9.47 Å². The average molecular weight is 436 g/mol. The van der Waals surface area contributed by atoms with E-state index in [-0.39, 0.29) is 23.4 Å². The lowest BCUT2D eigenvalue weighted by Gasteiger charge is -2.30. The maximum Gasteiger partial charge on any atom is 0.309 e. The first kappa shape index (κ1) is 23.1. The number of nitrogens with zero attached hydrogens (tertiary/aromatic N) is 3. The number of likely N-dealkylation sites (tertiary alicyclic amines) is 1. The fraction of sp³-hybridized carbons (Fsp3) is 0.400. The largest absolute Gasteiger partial charge is 0.497 e. The van der Waals surface area contributed by atoms with Gasteiger partial charge < -0.3 is 18.9 Å². The Morgan fingerprint density at radius 1 is 1.19 bits per heavy atom. The van der Waals surface area contributed by atoms with Gasteiger partial charge in [0.05, 0.1) is 19.6 Å². The van der Waals surface area contributed by atoms with Crippen molar-refractivity contribution in [3.63, 3.8) is 0 Å². The van der Waals surface area contributed by atoms with Gasteiger partial charge in [-0.3, -0.25) is 9.59 Å². The van der Waals surface area contributed by atoms with Gasteiger partial charge in [-0.25, -0.2) is 0 Å². The molecule has 0 aliphatic carbocycles. The molecule has 0 radical (unpaired) electrons. The van der Waals surface area contributed by atoms with Crippen LogP contribution in [0.4, 0.5) is 0 Å². The lowest BCUT2D eigenvalue weighted by atomic mass is 9.96. The molecule has 3 rings (SSSR count). The van der Waals surface area contributed by atoms with Crippen molar-refractivity contribution < 1.29 is 19.1 Å². The third-order valence-corrected chi connectivity index (χ3v) is 5.85. The summed E-state index contributed by atoms with van der Waals surface area (Å²) in [6, 6.07) is 11.8. The van der Waals surface area contributed by atoms with E-state index in [1.807, 2.05) is 44.2 Å². The van der Waals surface area contributed by atoms with E-state index in [2.05, 4.69) is 10.6 Å². The number of rotatable bonds is 6. The summed E-state index contributed by atoms with van der Waals surface area (Å²) in [6.45, 7) is 6.97. The van der Waals surface area contributed by atoms with Crippen LogP contribution in [0.15, 0.2) is 35.9 Å². The average Bonchev–Trinajstić information content (AvgIpc) is 3.09. The fourth-order valence-corrected chi connectivity index (χ4v) is 4.11. The maximum absolute atomic E-state index is 13.0. The first-order valence-corrected chi connectivity index (χ1v) is 10.8. The summed E-state index contributed by atoms with van der Waals surface area (Å²) in [5.74, 6) is 0.0861. The van der Waals surface area contributed by atoms with Crippen molar-refractivity contribution in [2.75, 3.05) is 26.8 Å². The second kappa shape index (κ2) is 10.2. The number of aryl methyl sites for hydroxylation is 1. The Labute approximate surface area is 188 Å². The van der Waals surface area contributed by atoms with Gasteiger partial charge in [-0.15, -0.1) is 0 Å². The number of carbonyl (C=O) groups excluding carboxylic acids is 2. The number of amides is 1. The molecular formula is C25H29N3O4. The zero-order valence-electron chi connectivity index (χ0n) is 19.1. The minimum Gasteiger partial charge on any atom is -0.497 e. The van der Waals surface area contributed by atoms with Crippen molar-refractivity contribution in [3.8, 4) is 17.5 Å². The number of hydrogen-bond acceptors (Lipinski definition) is 5. The Hall–Kier alpha value is -3.53. The summed E-state index contributed by atoms with van der Waals surface area (Å²) in [5, 5.41) is 9.68. The Morgan fingerprint density at radius 2 is 1.84 bits per heavy atom. The highest BCUT2D eigenvalue weighted by atomic mass is 16.5. The minimum atomic E-state index is -0.302. The van der Waals surface area contributed by atoms with E-state index < -0.39 is 0 Å². The number of benzene rings is 1. The smallest absolute Gasteiger partial charge is 0.309 e. The number of aromatic nitrogens is 1. The number of methoxy groups -OCH3 is 1. The molecule has 1 aliphatic heterocycles. The van der Waals surface area contributed by atoms with E-state index in [0.717, 1.165) is 28.4 Å². The Kier molecular flexibility index (Phi) is 7.37. The molecule has 0 unspecified atom stereocenters. The minimum absolute atomic E-state index is 0.0922. The quantitative estimate of drug-likeness (QED) is 0.391. The molecule has 0 saturated carbocycles. The van der Waals surface area contributed by atoms with Gasteiger partial charge in [-0.2, -0.15) is 5.26 Å². The molecule has 168 valence electrons.